The van der Waals surface area contributed by atoms with Crippen LogP contribution in [0.4, 0.5) is 0 Å². The van der Waals surface area contributed by atoms with Crippen LogP contribution < -0.4 is 0 Å². The first-order valence-corrected chi connectivity index (χ1v) is 12.4. The molecule has 36 heavy (non-hydrogen) atoms. The van der Waals surface area contributed by atoms with Gasteiger partial charge in [-0.3, -0.25) is 19.1 Å². The maximum absolute atomic E-state index is 13.6. The minimum Gasteiger partial charge on any atom is -0.336 e. The summed E-state index contributed by atoms with van der Waals surface area (Å²) in [4.78, 5) is 41.5. The van der Waals surface area contributed by atoms with Crippen molar-refractivity contribution in [1.82, 2.24) is 29.2 Å². The monoisotopic (exact) mass is 480 g/mol. The summed E-state index contributed by atoms with van der Waals surface area (Å²) in [5.41, 5.74) is 4.00. The zero-order valence-corrected chi connectivity index (χ0v) is 20.2. The first-order chi connectivity index (χ1) is 17.6. The Morgan fingerprint density at radius 2 is 1.44 bits per heavy atom. The zero-order valence-electron chi connectivity index (χ0n) is 20.2. The molecule has 1 saturated heterocycles. The molecule has 2 aliphatic heterocycles. The van der Waals surface area contributed by atoms with Gasteiger partial charge in [-0.2, -0.15) is 0 Å². The molecule has 0 saturated carbocycles. The molecule has 2 amide bonds. The summed E-state index contributed by atoms with van der Waals surface area (Å²) in [5, 5.41) is 0.884. The topological polar surface area (TPSA) is 74.6 Å². The van der Waals surface area contributed by atoms with E-state index in [0.717, 1.165) is 10.9 Å². The quantitative estimate of drug-likeness (QED) is 0.449. The number of fused-ring (bicyclic) bond motifs is 2. The number of carbonyl (C=O) groups excluding carboxylic acids is 2. The fourth-order valence-electron chi connectivity index (χ4n) is 5.32. The number of amides is 2. The number of carbonyl (C=O) groups is 2. The van der Waals surface area contributed by atoms with E-state index in [-0.39, 0.29) is 17.9 Å². The van der Waals surface area contributed by atoms with Crippen molar-refractivity contribution in [1.29, 1.82) is 0 Å². The number of rotatable bonds is 4. The average molecular weight is 481 g/mol. The van der Waals surface area contributed by atoms with Crippen LogP contribution in [0.2, 0.25) is 0 Å². The summed E-state index contributed by atoms with van der Waals surface area (Å²) in [5.74, 6) is 0.681. The second kappa shape index (κ2) is 9.20. The number of hydrogen-bond acceptors (Lipinski definition) is 5. The van der Waals surface area contributed by atoms with Crippen LogP contribution in [0.25, 0.3) is 16.9 Å². The maximum atomic E-state index is 13.6. The standard InChI is InChI=1S/C28H28N6O2/c1-20(26(35)33-17-21-7-2-3-8-22(21)18-33)31-13-15-32(16-14-31)27(36)24-19-34(28-29-11-6-12-30-28)25-10-5-4-9-23(24)25/h2-12,19-20H,13-18H2,1H3. The van der Waals surface area contributed by atoms with Gasteiger partial charge in [-0.15, -0.1) is 0 Å². The third kappa shape index (κ3) is 3.93. The average Bonchev–Trinajstić information content (AvgIpc) is 3.55. The van der Waals surface area contributed by atoms with Gasteiger partial charge in [-0.05, 0) is 30.2 Å². The molecule has 6 rings (SSSR count). The molecule has 0 bridgehead atoms. The second-order valence-electron chi connectivity index (χ2n) is 9.45. The van der Waals surface area contributed by atoms with E-state index in [1.807, 2.05) is 63.9 Å². The molecule has 8 nitrogen and oxygen atoms in total. The molecule has 2 aliphatic rings. The van der Waals surface area contributed by atoms with E-state index in [9.17, 15) is 9.59 Å². The lowest BCUT2D eigenvalue weighted by atomic mass is 10.1. The molecule has 0 radical (unpaired) electrons. The van der Waals surface area contributed by atoms with Gasteiger partial charge in [-0.1, -0.05) is 42.5 Å². The van der Waals surface area contributed by atoms with Crippen LogP contribution in [-0.4, -0.2) is 73.3 Å². The molecular formula is C28H28N6O2. The fraction of sp³-hybridized carbons (Fsp3) is 0.286. The van der Waals surface area contributed by atoms with E-state index in [2.05, 4.69) is 27.0 Å². The van der Waals surface area contributed by atoms with Crippen LogP contribution in [0.1, 0.15) is 28.4 Å². The highest BCUT2D eigenvalue weighted by atomic mass is 16.2. The van der Waals surface area contributed by atoms with Crippen LogP contribution >= 0.6 is 0 Å². The first kappa shape index (κ1) is 22.4. The van der Waals surface area contributed by atoms with E-state index >= 15 is 0 Å². The van der Waals surface area contributed by atoms with Crippen molar-refractivity contribution in [3.05, 3.63) is 89.9 Å². The van der Waals surface area contributed by atoms with Crippen molar-refractivity contribution >= 4 is 22.7 Å². The Kier molecular flexibility index (Phi) is 5.73. The van der Waals surface area contributed by atoms with Crippen LogP contribution in [0.15, 0.2) is 73.2 Å². The van der Waals surface area contributed by atoms with Crippen LogP contribution in [0, 0.1) is 0 Å². The molecule has 4 aromatic rings. The van der Waals surface area contributed by atoms with Crippen molar-refractivity contribution in [3.63, 3.8) is 0 Å². The highest BCUT2D eigenvalue weighted by Crippen LogP contribution is 2.26. The van der Waals surface area contributed by atoms with E-state index in [4.69, 9.17) is 0 Å². The molecule has 1 atom stereocenters. The van der Waals surface area contributed by atoms with Crippen molar-refractivity contribution in [3.8, 4) is 5.95 Å². The number of para-hydroxylation sites is 1. The summed E-state index contributed by atoms with van der Waals surface area (Å²) in [6, 6.07) is 17.6. The lowest BCUT2D eigenvalue weighted by Gasteiger charge is -2.38. The molecule has 1 fully saturated rings. The number of benzene rings is 2. The number of hydrogen-bond donors (Lipinski definition) is 0. The molecule has 4 heterocycles. The predicted octanol–water partition coefficient (Wildman–Crippen LogP) is 3.11. The molecule has 1 unspecified atom stereocenters. The van der Waals surface area contributed by atoms with Gasteiger partial charge in [0.05, 0.1) is 17.1 Å². The van der Waals surface area contributed by atoms with E-state index in [1.165, 1.54) is 11.1 Å². The fourth-order valence-corrected chi connectivity index (χ4v) is 5.32. The largest absolute Gasteiger partial charge is 0.336 e. The van der Waals surface area contributed by atoms with Gasteiger partial charge in [0.15, 0.2) is 0 Å². The second-order valence-corrected chi connectivity index (χ2v) is 9.45. The Morgan fingerprint density at radius 3 is 2.14 bits per heavy atom. The van der Waals surface area contributed by atoms with Gasteiger partial charge in [-0.25, -0.2) is 9.97 Å². The van der Waals surface area contributed by atoms with Crippen molar-refractivity contribution < 1.29 is 9.59 Å². The number of aromatic nitrogens is 3. The van der Waals surface area contributed by atoms with Gasteiger partial charge in [0, 0.05) is 63.2 Å². The number of piperazine rings is 1. The summed E-state index contributed by atoms with van der Waals surface area (Å²) in [6.45, 7) is 5.83. The maximum Gasteiger partial charge on any atom is 0.256 e. The Balaban J connectivity index is 1.14. The Labute approximate surface area is 209 Å². The number of nitrogens with zero attached hydrogens (tertiary/aromatic N) is 6. The van der Waals surface area contributed by atoms with Gasteiger partial charge >= 0.3 is 0 Å². The zero-order chi connectivity index (χ0) is 24.6. The summed E-state index contributed by atoms with van der Waals surface area (Å²) in [7, 11) is 0. The lowest BCUT2D eigenvalue weighted by Crippen LogP contribution is -2.55. The summed E-state index contributed by atoms with van der Waals surface area (Å²) in [6.07, 6.45) is 5.23. The minimum atomic E-state index is -0.214. The van der Waals surface area contributed by atoms with Crippen LogP contribution in [0.3, 0.4) is 0 Å². The molecular weight excluding hydrogens is 452 g/mol. The van der Waals surface area contributed by atoms with Crippen LogP contribution in [-0.2, 0) is 17.9 Å². The SMILES string of the molecule is CC(C(=O)N1Cc2ccccc2C1)N1CCN(C(=O)c2cn(-c3ncccn3)c3ccccc23)CC1. The first-order valence-electron chi connectivity index (χ1n) is 12.4. The molecule has 0 aliphatic carbocycles. The smallest absolute Gasteiger partial charge is 0.256 e. The van der Waals surface area contributed by atoms with Gasteiger partial charge in [0.1, 0.15) is 0 Å². The molecule has 182 valence electrons. The van der Waals surface area contributed by atoms with Gasteiger partial charge in [0.25, 0.3) is 5.91 Å². The highest BCUT2D eigenvalue weighted by Gasteiger charge is 2.33. The van der Waals surface area contributed by atoms with Crippen molar-refractivity contribution in [2.24, 2.45) is 0 Å². The molecule has 2 aromatic heterocycles. The van der Waals surface area contributed by atoms with E-state index < -0.39 is 0 Å². The Bertz CT molecular complexity index is 1400. The molecule has 0 spiro atoms. The highest BCUT2D eigenvalue weighted by molar-refractivity contribution is 6.07. The van der Waals surface area contributed by atoms with E-state index in [1.54, 1.807) is 18.5 Å². The van der Waals surface area contributed by atoms with E-state index in [0.29, 0.717) is 50.8 Å². The van der Waals surface area contributed by atoms with Crippen molar-refractivity contribution in [2.45, 2.75) is 26.1 Å². The third-order valence-electron chi connectivity index (χ3n) is 7.37. The predicted molar refractivity (Wildman–Crippen MR) is 136 cm³/mol. The van der Waals surface area contributed by atoms with Crippen LogP contribution in [0.5, 0.6) is 0 Å². The summed E-state index contributed by atoms with van der Waals surface area (Å²) >= 11 is 0. The minimum absolute atomic E-state index is 0.00509. The van der Waals surface area contributed by atoms with Gasteiger partial charge < -0.3 is 9.80 Å². The summed E-state index contributed by atoms with van der Waals surface area (Å²) < 4.78 is 1.87. The molecule has 0 N–H and O–H groups in total. The molecule has 8 heteroatoms. The normalized spacial score (nSPS) is 16.8. The lowest BCUT2D eigenvalue weighted by molar-refractivity contribution is -0.137. The molecule has 2 aromatic carbocycles. The van der Waals surface area contributed by atoms with Gasteiger partial charge in [0.2, 0.25) is 11.9 Å². The third-order valence-corrected chi connectivity index (χ3v) is 7.37. The van der Waals surface area contributed by atoms with Crippen molar-refractivity contribution in [2.75, 3.05) is 26.2 Å². The Hall–Kier alpha value is -4.04. The Morgan fingerprint density at radius 1 is 0.806 bits per heavy atom.